The number of hydrogen-bond acceptors (Lipinski definition) is 5. The Bertz CT molecular complexity index is 1030. The van der Waals surface area contributed by atoms with Crippen molar-refractivity contribution < 1.29 is 23.9 Å². The molecule has 0 atom stereocenters. The van der Waals surface area contributed by atoms with Gasteiger partial charge in [-0.05, 0) is 31.0 Å². The van der Waals surface area contributed by atoms with Gasteiger partial charge in [0.1, 0.15) is 10.8 Å². The van der Waals surface area contributed by atoms with Gasteiger partial charge in [-0.3, -0.25) is 14.4 Å². The summed E-state index contributed by atoms with van der Waals surface area (Å²) in [5.74, 6) is -0.970. The number of amides is 2. The van der Waals surface area contributed by atoms with E-state index in [4.69, 9.17) is 9.52 Å². The monoisotopic (exact) mass is 426 g/mol. The minimum Gasteiger partial charge on any atom is -0.481 e. The highest BCUT2D eigenvalue weighted by atomic mass is 32.1. The van der Waals surface area contributed by atoms with Gasteiger partial charge >= 0.3 is 5.97 Å². The van der Waals surface area contributed by atoms with E-state index in [0.717, 1.165) is 16.0 Å². The van der Waals surface area contributed by atoms with Crippen molar-refractivity contribution in [1.82, 2.24) is 5.32 Å². The Kier molecular flexibility index (Phi) is 7.03. The van der Waals surface area contributed by atoms with Crippen LogP contribution in [0.5, 0.6) is 0 Å². The third-order valence-corrected chi connectivity index (χ3v) is 5.45. The number of hydrogen-bond donors (Lipinski definition) is 3. The maximum Gasteiger partial charge on any atom is 0.303 e. The van der Waals surface area contributed by atoms with Crippen LogP contribution in [0.2, 0.25) is 0 Å². The molecule has 0 bridgehead atoms. The molecule has 0 unspecified atom stereocenters. The molecule has 0 aliphatic carbocycles. The number of carbonyl (C=O) groups excluding carboxylic acids is 2. The Morgan fingerprint density at radius 2 is 1.83 bits per heavy atom. The van der Waals surface area contributed by atoms with Gasteiger partial charge in [-0.1, -0.05) is 30.3 Å². The van der Waals surface area contributed by atoms with Crippen LogP contribution < -0.4 is 10.6 Å². The van der Waals surface area contributed by atoms with Crippen LogP contribution in [0.15, 0.2) is 53.1 Å². The van der Waals surface area contributed by atoms with Crippen LogP contribution in [0.1, 0.15) is 40.3 Å². The maximum atomic E-state index is 13.1. The maximum absolute atomic E-state index is 13.1. The first kappa shape index (κ1) is 21.3. The first-order valence-electron chi connectivity index (χ1n) is 9.46. The number of thiophene rings is 1. The van der Waals surface area contributed by atoms with Crippen molar-refractivity contribution in [2.24, 2.45) is 0 Å². The number of carboxylic acid groups (broad SMARTS) is 1. The van der Waals surface area contributed by atoms with E-state index in [1.807, 2.05) is 37.3 Å². The molecule has 2 amide bonds. The molecule has 8 heteroatoms. The van der Waals surface area contributed by atoms with E-state index in [0.29, 0.717) is 16.3 Å². The number of carbonyl (C=O) groups is 3. The number of aryl methyl sites for hydroxylation is 1. The number of aliphatic carboxylic acids is 1. The minimum atomic E-state index is -0.945. The zero-order chi connectivity index (χ0) is 21.5. The Hall–Kier alpha value is -3.39. The summed E-state index contributed by atoms with van der Waals surface area (Å²) in [4.78, 5) is 37.0. The summed E-state index contributed by atoms with van der Waals surface area (Å²) in [6.07, 6.45) is 1.76. The van der Waals surface area contributed by atoms with Gasteiger partial charge in [-0.15, -0.1) is 11.3 Å². The van der Waals surface area contributed by atoms with Gasteiger partial charge in [-0.2, -0.15) is 0 Å². The summed E-state index contributed by atoms with van der Waals surface area (Å²) in [6.45, 7) is 2.12. The molecule has 2 aromatic heterocycles. The number of benzene rings is 1. The average molecular weight is 426 g/mol. The topological polar surface area (TPSA) is 109 Å². The fraction of sp³-hybridized carbons (Fsp3) is 0.227. The highest BCUT2D eigenvalue weighted by molar-refractivity contribution is 7.17. The second kappa shape index (κ2) is 9.89. The quantitative estimate of drug-likeness (QED) is 0.469. The summed E-state index contributed by atoms with van der Waals surface area (Å²) in [6, 6.07) is 13.0. The standard InChI is InChI=1S/C22H22N2O5S/c1-14-19(15-7-3-2-4-8-15)20(21(28)23-13-16-9-6-12-29-16)22(30-14)24-17(25)10-5-11-18(26)27/h2-4,6-9,12H,5,10-11,13H2,1H3,(H,23,28)(H,24,25)(H,26,27). The van der Waals surface area contributed by atoms with Crippen LogP contribution in [-0.4, -0.2) is 22.9 Å². The van der Waals surface area contributed by atoms with Gasteiger partial charge in [0.2, 0.25) is 5.91 Å². The number of anilines is 1. The summed E-state index contributed by atoms with van der Waals surface area (Å²) in [7, 11) is 0. The van der Waals surface area contributed by atoms with E-state index in [9.17, 15) is 14.4 Å². The third kappa shape index (κ3) is 5.36. The molecule has 0 spiro atoms. The molecule has 2 heterocycles. The Labute approximate surface area is 177 Å². The lowest BCUT2D eigenvalue weighted by molar-refractivity contribution is -0.137. The van der Waals surface area contributed by atoms with Gasteiger partial charge in [0.05, 0.1) is 18.4 Å². The molecule has 3 rings (SSSR count). The molecule has 7 nitrogen and oxygen atoms in total. The molecule has 0 radical (unpaired) electrons. The molecule has 0 aliphatic heterocycles. The van der Waals surface area contributed by atoms with Crippen LogP contribution in [-0.2, 0) is 16.1 Å². The van der Waals surface area contributed by atoms with Crippen LogP contribution in [0.3, 0.4) is 0 Å². The lowest BCUT2D eigenvalue weighted by Crippen LogP contribution is -2.24. The Balaban J connectivity index is 1.86. The number of carboxylic acids is 1. The zero-order valence-corrected chi connectivity index (χ0v) is 17.3. The highest BCUT2D eigenvalue weighted by Gasteiger charge is 2.24. The van der Waals surface area contributed by atoms with E-state index in [-0.39, 0.29) is 37.6 Å². The van der Waals surface area contributed by atoms with Crippen LogP contribution in [0.4, 0.5) is 5.00 Å². The average Bonchev–Trinajstić information content (AvgIpc) is 3.34. The molecule has 0 aliphatic rings. The van der Waals surface area contributed by atoms with Gasteiger partial charge in [-0.25, -0.2) is 0 Å². The number of nitrogens with one attached hydrogen (secondary N) is 2. The zero-order valence-electron chi connectivity index (χ0n) is 16.4. The van der Waals surface area contributed by atoms with Crippen molar-refractivity contribution in [3.8, 4) is 11.1 Å². The van der Waals surface area contributed by atoms with E-state index in [1.54, 1.807) is 12.1 Å². The molecular weight excluding hydrogens is 404 g/mol. The first-order chi connectivity index (χ1) is 14.5. The van der Waals surface area contributed by atoms with Crippen molar-refractivity contribution in [2.45, 2.75) is 32.7 Å². The predicted molar refractivity (Wildman–Crippen MR) is 114 cm³/mol. The largest absolute Gasteiger partial charge is 0.481 e. The summed E-state index contributed by atoms with van der Waals surface area (Å²) >= 11 is 1.32. The second-order valence-electron chi connectivity index (χ2n) is 6.66. The van der Waals surface area contributed by atoms with Crippen molar-refractivity contribution in [2.75, 3.05) is 5.32 Å². The van der Waals surface area contributed by atoms with Crippen LogP contribution >= 0.6 is 11.3 Å². The van der Waals surface area contributed by atoms with Crippen molar-refractivity contribution in [3.05, 3.63) is 64.9 Å². The van der Waals surface area contributed by atoms with E-state index >= 15 is 0 Å². The van der Waals surface area contributed by atoms with E-state index < -0.39 is 5.97 Å². The number of furan rings is 1. The SMILES string of the molecule is Cc1sc(NC(=O)CCCC(=O)O)c(C(=O)NCc2ccco2)c1-c1ccccc1. The molecule has 3 aromatic rings. The third-order valence-electron chi connectivity index (χ3n) is 4.42. The summed E-state index contributed by atoms with van der Waals surface area (Å²) < 4.78 is 5.27. The van der Waals surface area contributed by atoms with E-state index in [2.05, 4.69) is 10.6 Å². The first-order valence-corrected chi connectivity index (χ1v) is 10.3. The fourth-order valence-electron chi connectivity index (χ4n) is 3.06. The molecule has 3 N–H and O–H groups in total. The normalized spacial score (nSPS) is 10.6. The van der Waals surface area contributed by atoms with E-state index in [1.165, 1.54) is 17.6 Å². The molecular formula is C22H22N2O5S. The number of rotatable bonds is 9. The molecule has 156 valence electrons. The fourth-order valence-corrected chi connectivity index (χ4v) is 4.15. The van der Waals surface area contributed by atoms with Gasteiger partial charge in [0.15, 0.2) is 0 Å². The van der Waals surface area contributed by atoms with Crippen molar-refractivity contribution >= 4 is 34.1 Å². The smallest absolute Gasteiger partial charge is 0.303 e. The lowest BCUT2D eigenvalue weighted by Gasteiger charge is -2.10. The minimum absolute atomic E-state index is 0.0668. The van der Waals surface area contributed by atoms with Gasteiger partial charge in [0.25, 0.3) is 5.91 Å². The Morgan fingerprint density at radius 3 is 2.50 bits per heavy atom. The molecule has 1 aromatic carbocycles. The van der Waals surface area contributed by atoms with Crippen molar-refractivity contribution in [3.63, 3.8) is 0 Å². The van der Waals surface area contributed by atoms with Gasteiger partial charge < -0.3 is 20.2 Å². The summed E-state index contributed by atoms with van der Waals surface area (Å²) in [5, 5.41) is 14.8. The van der Waals surface area contributed by atoms with Gasteiger partial charge in [0, 0.05) is 23.3 Å². The Morgan fingerprint density at radius 1 is 1.07 bits per heavy atom. The van der Waals surface area contributed by atoms with Crippen LogP contribution in [0.25, 0.3) is 11.1 Å². The summed E-state index contributed by atoms with van der Waals surface area (Å²) in [5.41, 5.74) is 2.03. The molecule has 0 saturated carbocycles. The van der Waals surface area contributed by atoms with Crippen LogP contribution in [0, 0.1) is 6.92 Å². The predicted octanol–water partition coefficient (Wildman–Crippen LogP) is 4.44. The molecule has 30 heavy (non-hydrogen) atoms. The van der Waals surface area contributed by atoms with Crippen molar-refractivity contribution in [1.29, 1.82) is 0 Å². The molecule has 0 saturated heterocycles. The highest BCUT2D eigenvalue weighted by Crippen LogP contribution is 2.40. The second-order valence-corrected chi connectivity index (χ2v) is 7.89. The molecule has 0 fully saturated rings. The lowest BCUT2D eigenvalue weighted by atomic mass is 10.0.